The second-order valence-corrected chi connectivity index (χ2v) is 2.84. The van der Waals surface area contributed by atoms with Gasteiger partial charge in [0.1, 0.15) is 0 Å². The monoisotopic (exact) mass is 140 g/mol. The van der Waals surface area contributed by atoms with Crippen molar-refractivity contribution in [2.24, 2.45) is 0 Å². The van der Waals surface area contributed by atoms with E-state index in [-0.39, 0.29) is 5.91 Å². The molecule has 2 nitrogen and oxygen atoms in total. The van der Waals surface area contributed by atoms with Crippen LogP contribution in [0.5, 0.6) is 0 Å². The molecule has 0 aliphatic carbocycles. The molecule has 10 heavy (non-hydrogen) atoms. The van der Waals surface area contributed by atoms with E-state index in [1.165, 1.54) is 0 Å². The van der Waals surface area contributed by atoms with Crippen molar-refractivity contribution in [1.29, 1.82) is 0 Å². The Morgan fingerprint density at radius 1 is 1.80 bits per heavy atom. The van der Waals surface area contributed by atoms with Gasteiger partial charge in [0, 0.05) is 19.5 Å². The highest BCUT2D eigenvalue weighted by molar-refractivity contribution is 5.76. The smallest absolute Gasteiger partial charge is 0.222 e. The van der Waals surface area contributed by atoms with E-state index in [4.69, 9.17) is 0 Å². The van der Waals surface area contributed by atoms with Crippen LogP contribution in [-0.2, 0) is 4.79 Å². The lowest BCUT2D eigenvalue weighted by Gasteiger charge is -2.31. The van der Waals surface area contributed by atoms with Gasteiger partial charge in [-0.3, -0.25) is 4.79 Å². The zero-order valence-corrected chi connectivity index (χ0v) is 6.47. The molecule has 2 heteroatoms. The maximum absolute atomic E-state index is 11.1. The Morgan fingerprint density at radius 2 is 2.50 bits per heavy atom. The maximum Gasteiger partial charge on any atom is 0.222 e. The first-order chi connectivity index (χ1) is 4.75. The Labute approximate surface area is 62.2 Å². The van der Waals surface area contributed by atoms with Crippen LogP contribution in [0, 0.1) is 6.92 Å². The second-order valence-electron chi connectivity index (χ2n) is 2.84. The van der Waals surface area contributed by atoms with Gasteiger partial charge in [0.15, 0.2) is 0 Å². The molecule has 1 aliphatic heterocycles. The number of hydrogen-bond donors (Lipinski definition) is 0. The van der Waals surface area contributed by atoms with E-state index in [0.29, 0.717) is 6.04 Å². The number of piperidine rings is 1. The van der Waals surface area contributed by atoms with E-state index in [2.05, 4.69) is 6.92 Å². The van der Waals surface area contributed by atoms with Crippen LogP contribution in [0.15, 0.2) is 0 Å². The Kier molecular flexibility index (Phi) is 2.30. The predicted octanol–water partition coefficient (Wildman–Crippen LogP) is 1.22. The number of hydrogen-bond acceptors (Lipinski definition) is 1. The molecule has 1 saturated heterocycles. The molecule has 57 valence electrons. The van der Waals surface area contributed by atoms with Crippen LogP contribution in [0.2, 0.25) is 0 Å². The van der Waals surface area contributed by atoms with Crippen molar-refractivity contribution in [2.45, 2.75) is 31.7 Å². The largest absolute Gasteiger partial charge is 0.343 e. The highest BCUT2D eigenvalue weighted by Gasteiger charge is 2.22. The van der Waals surface area contributed by atoms with Gasteiger partial charge in [-0.1, -0.05) is 6.92 Å². The molecule has 1 rings (SSSR count). The van der Waals surface area contributed by atoms with Crippen LogP contribution in [0.25, 0.3) is 0 Å². The minimum atomic E-state index is 0.278. The zero-order valence-electron chi connectivity index (χ0n) is 6.47. The normalized spacial score (nSPS) is 27.2. The zero-order chi connectivity index (χ0) is 7.56. The molecule has 1 unspecified atom stereocenters. The molecule has 0 N–H and O–H groups in total. The molecular weight excluding hydrogens is 126 g/mol. The van der Waals surface area contributed by atoms with Crippen molar-refractivity contribution < 1.29 is 4.79 Å². The summed E-state index contributed by atoms with van der Waals surface area (Å²) in [4.78, 5) is 12.9. The summed E-state index contributed by atoms with van der Waals surface area (Å²) in [5, 5.41) is 0. The summed E-state index contributed by atoms with van der Waals surface area (Å²) >= 11 is 0. The van der Waals surface area contributed by atoms with E-state index in [1.807, 2.05) is 11.9 Å². The fourth-order valence-corrected chi connectivity index (χ4v) is 1.40. The van der Waals surface area contributed by atoms with Crippen LogP contribution in [-0.4, -0.2) is 23.9 Å². The third-order valence-corrected chi connectivity index (χ3v) is 2.20. The lowest BCUT2D eigenvalue weighted by molar-refractivity contribution is -0.134. The van der Waals surface area contributed by atoms with Gasteiger partial charge >= 0.3 is 0 Å². The highest BCUT2D eigenvalue weighted by Crippen LogP contribution is 2.17. The first-order valence-electron chi connectivity index (χ1n) is 3.80. The number of nitrogens with zero attached hydrogens (tertiary/aromatic N) is 1. The quantitative estimate of drug-likeness (QED) is 0.536. The summed E-state index contributed by atoms with van der Waals surface area (Å²) in [7, 11) is 1.87. The van der Waals surface area contributed by atoms with Gasteiger partial charge in [-0.15, -0.1) is 0 Å². The number of amides is 1. The highest BCUT2D eigenvalue weighted by atomic mass is 16.2. The average Bonchev–Trinajstić information content (AvgIpc) is 1.95. The number of likely N-dealkylation sites (tertiary alicyclic amines) is 1. The van der Waals surface area contributed by atoms with E-state index < -0.39 is 0 Å². The summed E-state index contributed by atoms with van der Waals surface area (Å²) in [6, 6.07) is 0.404. The number of rotatable bonds is 1. The van der Waals surface area contributed by atoms with E-state index >= 15 is 0 Å². The van der Waals surface area contributed by atoms with Gasteiger partial charge in [-0.25, -0.2) is 0 Å². The molecule has 0 aromatic carbocycles. The summed E-state index contributed by atoms with van der Waals surface area (Å²) < 4.78 is 0. The van der Waals surface area contributed by atoms with Crippen molar-refractivity contribution in [3.8, 4) is 0 Å². The van der Waals surface area contributed by atoms with Crippen molar-refractivity contribution in [1.82, 2.24) is 4.90 Å². The number of carbonyl (C=O) groups excluding carboxylic acids is 1. The van der Waals surface area contributed by atoms with Gasteiger partial charge in [0.2, 0.25) is 5.91 Å². The van der Waals surface area contributed by atoms with Crippen LogP contribution in [0.3, 0.4) is 0 Å². The molecular formula is C8H14NO. The fraction of sp³-hybridized carbons (Fsp3) is 0.750. The van der Waals surface area contributed by atoms with E-state index in [1.54, 1.807) is 0 Å². The van der Waals surface area contributed by atoms with Crippen LogP contribution in [0.4, 0.5) is 0 Å². The molecule has 1 radical (unpaired) electrons. The lowest BCUT2D eigenvalue weighted by atomic mass is 10.0. The molecule has 0 aromatic rings. The Hall–Kier alpha value is -0.530. The SMILES string of the molecule is [CH2]CC1CCCC(=O)N1C. The molecule has 0 spiro atoms. The Morgan fingerprint density at radius 3 is 3.00 bits per heavy atom. The third-order valence-electron chi connectivity index (χ3n) is 2.20. The van der Waals surface area contributed by atoms with Crippen LogP contribution >= 0.6 is 0 Å². The van der Waals surface area contributed by atoms with Gasteiger partial charge in [-0.2, -0.15) is 0 Å². The Balaban J connectivity index is 2.51. The lowest BCUT2D eigenvalue weighted by Crippen LogP contribution is -2.39. The molecule has 1 atom stereocenters. The first kappa shape index (κ1) is 7.58. The van der Waals surface area contributed by atoms with Gasteiger partial charge in [-0.05, 0) is 19.3 Å². The average molecular weight is 140 g/mol. The van der Waals surface area contributed by atoms with Gasteiger partial charge in [0.25, 0.3) is 0 Å². The number of carbonyl (C=O) groups is 1. The Bertz CT molecular complexity index is 133. The molecule has 1 heterocycles. The minimum Gasteiger partial charge on any atom is -0.343 e. The topological polar surface area (TPSA) is 20.3 Å². The predicted molar refractivity (Wildman–Crippen MR) is 40.4 cm³/mol. The van der Waals surface area contributed by atoms with Crippen LogP contribution in [0.1, 0.15) is 25.7 Å². The summed E-state index contributed by atoms with van der Waals surface area (Å²) in [5.74, 6) is 0.278. The molecule has 1 amide bonds. The van der Waals surface area contributed by atoms with Crippen LogP contribution < -0.4 is 0 Å². The molecule has 1 aliphatic rings. The standard InChI is InChI=1S/C8H14NO/c1-3-7-5-4-6-8(10)9(7)2/h7H,1,3-6H2,2H3. The van der Waals surface area contributed by atoms with Gasteiger partial charge in [0.05, 0.1) is 0 Å². The molecule has 0 aromatic heterocycles. The molecule has 0 saturated carbocycles. The van der Waals surface area contributed by atoms with Crippen molar-refractivity contribution in [3.05, 3.63) is 6.92 Å². The van der Waals surface area contributed by atoms with Crippen molar-refractivity contribution in [3.63, 3.8) is 0 Å². The summed E-state index contributed by atoms with van der Waals surface area (Å²) in [6.45, 7) is 3.80. The minimum absolute atomic E-state index is 0.278. The second kappa shape index (κ2) is 3.04. The molecule has 0 bridgehead atoms. The summed E-state index contributed by atoms with van der Waals surface area (Å²) in [6.07, 6.45) is 3.75. The van der Waals surface area contributed by atoms with E-state index in [0.717, 1.165) is 25.7 Å². The van der Waals surface area contributed by atoms with Crippen molar-refractivity contribution >= 4 is 5.91 Å². The third kappa shape index (κ3) is 1.31. The van der Waals surface area contributed by atoms with Crippen molar-refractivity contribution in [2.75, 3.05) is 7.05 Å². The van der Waals surface area contributed by atoms with Gasteiger partial charge < -0.3 is 4.90 Å². The summed E-state index contributed by atoms with van der Waals surface area (Å²) in [5.41, 5.74) is 0. The van der Waals surface area contributed by atoms with E-state index in [9.17, 15) is 4.79 Å². The first-order valence-corrected chi connectivity index (χ1v) is 3.80. The fourth-order valence-electron chi connectivity index (χ4n) is 1.40. The molecule has 1 fully saturated rings. The maximum atomic E-state index is 11.1.